The highest BCUT2D eigenvalue weighted by atomic mass is 127. The topological polar surface area (TPSA) is 58.1 Å². The minimum Gasteiger partial charge on any atom is -0.497 e. The smallest absolute Gasteiger partial charge is 0.191 e. The second-order valence-corrected chi connectivity index (χ2v) is 6.52. The lowest BCUT2D eigenvalue weighted by Crippen LogP contribution is -2.40. The maximum Gasteiger partial charge on any atom is 0.191 e. The van der Waals surface area contributed by atoms with Crippen molar-refractivity contribution in [1.29, 1.82) is 0 Å². The summed E-state index contributed by atoms with van der Waals surface area (Å²) in [5.74, 6) is 2.35. The summed E-state index contributed by atoms with van der Waals surface area (Å²) in [7, 11) is 5.43. The van der Waals surface area contributed by atoms with Gasteiger partial charge < -0.3 is 25.0 Å². The van der Waals surface area contributed by atoms with Gasteiger partial charge in [0.25, 0.3) is 0 Å². The SMILES string of the molecule is CCNC(=NCc1ccc(OC)cc1OC)NCCN(C)Cc1ccccc1.I. The number of rotatable bonds is 10. The number of halogens is 1. The first kappa shape index (κ1) is 25.0. The van der Waals surface area contributed by atoms with Crippen LogP contribution in [0.2, 0.25) is 0 Å². The first-order valence-corrected chi connectivity index (χ1v) is 9.61. The molecule has 0 heterocycles. The molecule has 0 aliphatic rings. The minimum absolute atomic E-state index is 0. The molecule has 0 atom stereocenters. The van der Waals surface area contributed by atoms with Crippen LogP contribution in [0.5, 0.6) is 11.5 Å². The van der Waals surface area contributed by atoms with Crippen molar-refractivity contribution in [2.45, 2.75) is 20.0 Å². The second kappa shape index (κ2) is 14.1. The van der Waals surface area contributed by atoms with Gasteiger partial charge in [-0.15, -0.1) is 24.0 Å². The van der Waals surface area contributed by atoms with Gasteiger partial charge in [-0.05, 0) is 31.7 Å². The highest BCUT2D eigenvalue weighted by Crippen LogP contribution is 2.25. The highest BCUT2D eigenvalue weighted by Gasteiger charge is 2.06. The van der Waals surface area contributed by atoms with Crippen molar-refractivity contribution < 1.29 is 9.47 Å². The predicted molar refractivity (Wildman–Crippen MR) is 131 cm³/mol. The van der Waals surface area contributed by atoms with E-state index in [1.54, 1.807) is 14.2 Å². The fraction of sp³-hybridized carbons (Fsp3) is 0.409. The van der Waals surface area contributed by atoms with E-state index >= 15 is 0 Å². The number of nitrogens with zero attached hydrogens (tertiary/aromatic N) is 2. The molecule has 0 fully saturated rings. The molecule has 160 valence electrons. The molecule has 2 rings (SSSR count). The van der Waals surface area contributed by atoms with Crippen molar-refractivity contribution in [1.82, 2.24) is 15.5 Å². The predicted octanol–water partition coefficient (Wildman–Crippen LogP) is 3.51. The maximum absolute atomic E-state index is 5.45. The van der Waals surface area contributed by atoms with Crippen LogP contribution in [-0.2, 0) is 13.1 Å². The van der Waals surface area contributed by atoms with Crippen molar-refractivity contribution in [3.63, 3.8) is 0 Å². The van der Waals surface area contributed by atoms with Gasteiger partial charge in [0.2, 0.25) is 0 Å². The first-order valence-electron chi connectivity index (χ1n) is 9.61. The van der Waals surface area contributed by atoms with E-state index in [9.17, 15) is 0 Å². The van der Waals surface area contributed by atoms with E-state index in [1.807, 2.05) is 24.3 Å². The van der Waals surface area contributed by atoms with Gasteiger partial charge in [-0.2, -0.15) is 0 Å². The molecular weight excluding hydrogens is 479 g/mol. The molecule has 0 unspecified atom stereocenters. The van der Waals surface area contributed by atoms with Gasteiger partial charge in [0.05, 0.1) is 20.8 Å². The van der Waals surface area contributed by atoms with E-state index in [1.165, 1.54) is 5.56 Å². The number of guanidine groups is 1. The Hall–Kier alpha value is -2.00. The fourth-order valence-electron chi connectivity index (χ4n) is 2.83. The summed E-state index contributed by atoms with van der Waals surface area (Å²) in [5.41, 5.74) is 2.33. The largest absolute Gasteiger partial charge is 0.497 e. The number of hydrogen-bond donors (Lipinski definition) is 2. The molecular formula is C22H33IN4O2. The third kappa shape index (κ3) is 8.91. The molecule has 0 radical (unpaired) electrons. The Morgan fingerprint density at radius 2 is 1.79 bits per heavy atom. The number of methoxy groups -OCH3 is 2. The molecule has 0 amide bonds. The summed E-state index contributed by atoms with van der Waals surface area (Å²) in [5, 5.41) is 6.69. The molecule has 0 aromatic heterocycles. The molecule has 0 aliphatic heterocycles. The Bertz CT molecular complexity index is 741. The molecule has 2 N–H and O–H groups in total. The van der Waals surface area contributed by atoms with Crippen LogP contribution >= 0.6 is 24.0 Å². The second-order valence-electron chi connectivity index (χ2n) is 6.52. The molecule has 0 saturated heterocycles. The van der Waals surface area contributed by atoms with Crippen molar-refractivity contribution in [2.24, 2.45) is 4.99 Å². The lowest BCUT2D eigenvalue weighted by Gasteiger charge is -2.18. The van der Waals surface area contributed by atoms with Crippen molar-refractivity contribution >= 4 is 29.9 Å². The summed E-state index contributed by atoms with van der Waals surface area (Å²) in [6.45, 7) is 6.07. The van der Waals surface area contributed by atoms with Crippen LogP contribution in [-0.4, -0.2) is 51.8 Å². The van der Waals surface area contributed by atoms with Gasteiger partial charge in [-0.3, -0.25) is 0 Å². The van der Waals surface area contributed by atoms with E-state index in [0.717, 1.165) is 49.2 Å². The lowest BCUT2D eigenvalue weighted by atomic mass is 10.2. The Kier molecular flexibility index (Phi) is 12.1. The standard InChI is InChI=1S/C22H32N4O2.HI/c1-5-23-22(24-13-14-26(2)17-18-9-7-6-8-10-18)25-16-19-11-12-20(27-3)15-21(19)28-4;/h6-12,15H,5,13-14,16-17H2,1-4H3,(H2,23,24,25);1H. The van der Waals surface area contributed by atoms with E-state index in [-0.39, 0.29) is 24.0 Å². The van der Waals surface area contributed by atoms with Crippen LogP contribution < -0.4 is 20.1 Å². The molecule has 2 aromatic carbocycles. The molecule has 29 heavy (non-hydrogen) atoms. The summed E-state index contributed by atoms with van der Waals surface area (Å²) in [6.07, 6.45) is 0. The van der Waals surface area contributed by atoms with Crippen LogP contribution in [0, 0.1) is 0 Å². The van der Waals surface area contributed by atoms with Gasteiger partial charge >= 0.3 is 0 Å². The fourth-order valence-corrected chi connectivity index (χ4v) is 2.83. The molecule has 0 bridgehead atoms. The average Bonchev–Trinajstić information content (AvgIpc) is 2.72. The van der Waals surface area contributed by atoms with E-state index < -0.39 is 0 Å². The number of ether oxygens (including phenoxy) is 2. The van der Waals surface area contributed by atoms with Gasteiger partial charge in [0.15, 0.2) is 5.96 Å². The quantitative estimate of drug-likeness (QED) is 0.290. The van der Waals surface area contributed by atoms with Crippen LogP contribution in [0.15, 0.2) is 53.5 Å². The van der Waals surface area contributed by atoms with E-state index in [0.29, 0.717) is 6.54 Å². The number of aliphatic imine (C=N–C) groups is 1. The molecule has 0 saturated carbocycles. The molecule has 6 nitrogen and oxygen atoms in total. The van der Waals surface area contributed by atoms with Crippen LogP contribution in [0.25, 0.3) is 0 Å². The molecule has 2 aromatic rings. The van der Waals surface area contributed by atoms with Crippen molar-refractivity contribution in [3.8, 4) is 11.5 Å². The number of hydrogen-bond acceptors (Lipinski definition) is 4. The van der Waals surface area contributed by atoms with Gasteiger partial charge in [0, 0.05) is 37.8 Å². The first-order chi connectivity index (χ1) is 13.7. The zero-order chi connectivity index (χ0) is 20.2. The van der Waals surface area contributed by atoms with Gasteiger partial charge in [-0.25, -0.2) is 4.99 Å². The molecule has 0 spiro atoms. The van der Waals surface area contributed by atoms with Crippen LogP contribution in [0.3, 0.4) is 0 Å². The van der Waals surface area contributed by atoms with Crippen LogP contribution in [0.1, 0.15) is 18.1 Å². The average molecular weight is 512 g/mol. The number of likely N-dealkylation sites (N-methyl/N-ethyl adjacent to an activating group) is 1. The maximum atomic E-state index is 5.45. The molecule has 7 heteroatoms. The van der Waals surface area contributed by atoms with Crippen molar-refractivity contribution in [3.05, 3.63) is 59.7 Å². The third-order valence-electron chi connectivity index (χ3n) is 4.33. The number of nitrogens with one attached hydrogen (secondary N) is 2. The van der Waals surface area contributed by atoms with Gasteiger partial charge in [0.1, 0.15) is 11.5 Å². The summed E-state index contributed by atoms with van der Waals surface area (Å²) in [4.78, 5) is 6.97. The summed E-state index contributed by atoms with van der Waals surface area (Å²) >= 11 is 0. The Balaban J connectivity index is 0.00000420. The zero-order valence-corrected chi connectivity index (χ0v) is 20.1. The summed E-state index contributed by atoms with van der Waals surface area (Å²) in [6, 6.07) is 16.3. The Morgan fingerprint density at radius 1 is 1.03 bits per heavy atom. The Morgan fingerprint density at radius 3 is 2.45 bits per heavy atom. The van der Waals surface area contributed by atoms with E-state index in [4.69, 9.17) is 9.47 Å². The summed E-state index contributed by atoms with van der Waals surface area (Å²) < 4.78 is 10.7. The minimum atomic E-state index is 0. The lowest BCUT2D eigenvalue weighted by molar-refractivity contribution is 0.331. The molecule has 0 aliphatic carbocycles. The number of benzene rings is 2. The van der Waals surface area contributed by atoms with E-state index in [2.05, 4.69) is 58.8 Å². The highest BCUT2D eigenvalue weighted by molar-refractivity contribution is 14.0. The van der Waals surface area contributed by atoms with Crippen molar-refractivity contribution in [2.75, 3.05) is 40.9 Å². The van der Waals surface area contributed by atoms with Gasteiger partial charge in [-0.1, -0.05) is 30.3 Å². The zero-order valence-electron chi connectivity index (χ0n) is 17.8. The Labute approximate surface area is 191 Å². The normalized spacial score (nSPS) is 11.0. The third-order valence-corrected chi connectivity index (χ3v) is 4.33. The monoisotopic (exact) mass is 512 g/mol. The van der Waals surface area contributed by atoms with Crippen LogP contribution in [0.4, 0.5) is 0 Å².